The van der Waals surface area contributed by atoms with Crippen LogP contribution in [-0.2, 0) is 4.79 Å². The molecule has 1 aromatic carbocycles. The average molecular weight is 251 g/mol. The van der Waals surface area contributed by atoms with Crippen LogP contribution in [0.1, 0.15) is 15.9 Å². The fourth-order valence-electron chi connectivity index (χ4n) is 1.27. The first-order chi connectivity index (χ1) is 8.40. The number of nitrogens with two attached hydrogens (primary N) is 1. The summed E-state index contributed by atoms with van der Waals surface area (Å²) >= 11 is 0. The molecule has 0 unspecified atom stereocenters. The van der Waals surface area contributed by atoms with Crippen molar-refractivity contribution in [3.63, 3.8) is 0 Å². The van der Waals surface area contributed by atoms with Crippen molar-refractivity contribution in [3.05, 3.63) is 29.3 Å². The van der Waals surface area contributed by atoms with Crippen molar-refractivity contribution in [1.29, 1.82) is 0 Å². The maximum atomic E-state index is 11.3. The van der Waals surface area contributed by atoms with Gasteiger partial charge in [0.1, 0.15) is 0 Å². The van der Waals surface area contributed by atoms with Crippen molar-refractivity contribution >= 4 is 23.6 Å². The molecule has 1 rings (SSSR count). The van der Waals surface area contributed by atoms with Gasteiger partial charge >= 0.3 is 12.0 Å². The van der Waals surface area contributed by atoms with Crippen LogP contribution in [0.5, 0.6) is 0 Å². The number of urea groups is 1. The quantitative estimate of drug-likeness (QED) is 0.614. The van der Waals surface area contributed by atoms with E-state index < -0.39 is 17.9 Å². The van der Waals surface area contributed by atoms with Crippen molar-refractivity contribution in [1.82, 2.24) is 5.32 Å². The third kappa shape index (κ3) is 3.78. The van der Waals surface area contributed by atoms with E-state index in [0.717, 1.165) is 0 Å². The Hall–Kier alpha value is -2.57. The number of benzene rings is 1. The number of nitrogens with one attached hydrogen (secondary N) is 2. The molecule has 7 nitrogen and oxygen atoms in total. The number of hydrogen-bond acceptors (Lipinski definition) is 3. The molecule has 0 saturated carbocycles. The van der Waals surface area contributed by atoms with E-state index in [9.17, 15) is 14.4 Å². The van der Waals surface area contributed by atoms with Crippen molar-refractivity contribution in [2.24, 2.45) is 5.73 Å². The first-order valence-electron chi connectivity index (χ1n) is 5.07. The molecule has 0 fully saturated rings. The van der Waals surface area contributed by atoms with Crippen molar-refractivity contribution < 1.29 is 19.5 Å². The van der Waals surface area contributed by atoms with Gasteiger partial charge in [0.25, 0.3) is 0 Å². The van der Waals surface area contributed by atoms with Gasteiger partial charge in [-0.3, -0.25) is 4.79 Å². The van der Waals surface area contributed by atoms with E-state index in [2.05, 4.69) is 10.6 Å². The Morgan fingerprint density at radius 1 is 1.33 bits per heavy atom. The molecule has 0 aliphatic carbocycles. The van der Waals surface area contributed by atoms with Crippen LogP contribution in [0.25, 0.3) is 0 Å². The number of primary amides is 1. The average Bonchev–Trinajstić information content (AvgIpc) is 2.28. The summed E-state index contributed by atoms with van der Waals surface area (Å²) in [6.07, 6.45) is 0. The molecule has 0 aromatic heterocycles. The van der Waals surface area contributed by atoms with Gasteiger partial charge in [-0.05, 0) is 24.6 Å². The van der Waals surface area contributed by atoms with Gasteiger partial charge in [0.2, 0.25) is 5.91 Å². The fraction of sp³-hybridized carbons (Fsp3) is 0.182. The lowest BCUT2D eigenvalue weighted by molar-refractivity contribution is -0.117. The minimum absolute atomic E-state index is 0.0997. The van der Waals surface area contributed by atoms with Crippen LogP contribution in [0.4, 0.5) is 10.5 Å². The highest BCUT2D eigenvalue weighted by molar-refractivity contribution is 5.95. The lowest BCUT2D eigenvalue weighted by Crippen LogP contribution is -2.36. The topological polar surface area (TPSA) is 122 Å². The van der Waals surface area contributed by atoms with Crippen molar-refractivity contribution in [2.75, 3.05) is 11.9 Å². The summed E-state index contributed by atoms with van der Waals surface area (Å²) in [7, 11) is 0. The fourth-order valence-corrected chi connectivity index (χ4v) is 1.27. The molecule has 0 aliphatic heterocycles. The maximum absolute atomic E-state index is 11.3. The molecule has 0 atom stereocenters. The Kier molecular flexibility index (Phi) is 4.25. The van der Waals surface area contributed by atoms with E-state index in [1.807, 2.05) is 0 Å². The first-order valence-corrected chi connectivity index (χ1v) is 5.07. The van der Waals surface area contributed by atoms with Crippen LogP contribution < -0.4 is 16.4 Å². The number of carbonyl (C=O) groups is 3. The van der Waals surface area contributed by atoms with Crippen LogP contribution >= 0.6 is 0 Å². The molecular formula is C11H13N3O4. The van der Waals surface area contributed by atoms with Gasteiger partial charge < -0.3 is 21.5 Å². The van der Waals surface area contributed by atoms with Gasteiger partial charge in [-0.2, -0.15) is 0 Å². The molecule has 1 aromatic rings. The Labute approximate surface area is 103 Å². The molecule has 0 spiro atoms. The first kappa shape index (κ1) is 13.5. The molecule has 7 heteroatoms. The second kappa shape index (κ2) is 5.67. The number of aromatic carboxylic acids is 1. The molecule has 0 aliphatic rings. The Morgan fingerprint density at radius 3 is 2.56 bits per heavy atom. The highest BCUT2D eigenvalue weighted by Gasteiger charge is 2.09. The monoisotopic (exact) mass is 251 g/mol. The van der Waals surface area contributed by atoms with E-state index in [1.54, 1.807) is 19.1 Å². The largest absolute Gasteiger partial charge is 0.478 e. The second-order valence-electron chi connectivity index (χ2n) is 3.61. The number of carboxylic acids is 1. The molecule has 0 radical (unpaired) electrons. The number of carboxylic acid groups (broad SMARTS) is 1. The van der Waals surface area contributed by atoms with Gasteiger partial charge in [-0.1, -0.05) is 6.07 Å². The predicted molar refractivity (Wildman–Crippen MR) is 64.4 cm³/mol. The van der Waals surface area contributed by atoms with Crippen LogP contribution in [0.2, 0.25) is 0 Å². The third-order valence-corrected chi connectivity index (χ3v) is 2.15. The molecule has 0 heterocycles. The van der Waals surface area contributed by atoms with Gasteiger partial charge in [0, 0.05) is 5.69 Å². The summed E-state index contributed by atoms with van der Waals surface area (Å²) < 4.78 is 0. The normalized spacial score (nSPS) is 9.61. The summed E-state index contributed by atoms with van der Waals surface area (Å²) in [6.45, 7) is 1.36. The minimum Gasteiger partial charge on any atom is -0.478 e. The highest BCUT2D eigenvalue weighted by Crippen LogP contribution is 2.15. The number of hydrogen-bond donors (Lipinski definition) is 4. The van der Waals surface area contributed by atoms with Crippen LogP contribution in [-0.4, -0.2) is 29.6 Å². The smallest absolute Gasteiger partial charge is 0.336 e. The standard InChI is InChI=1S/C11H13N3O4/c1-6-2-3-7(4-8(6)10(16)17)14-11(18)13-5-9(12)15/h2-4H,5H2,1H3,(H2,12,15)(H,16,17)(H2,13,14,18). The number of aryl methyl sites for hydroxylation is 1. The molecule has 5 N–H and O–H groups in total. The highest BCUT2D eigenvalue weighted by atomic mass is 16.4. The van der Waals surface area contributed by atoms with Crippen LogP contribution in [0.15, 0.2) is 18.2 Å². The number of anilines is 1. The Bertz CT molecular complexity index is 499. The van der Waals surface area contributed by atoms with Crippen molar-refractivity contribution in [3.8, 4) is 0 Å². The molecule has 3 amide bonds. The zero-order valence-electron chi connectivity index (χ0n) is 9.69. The van der Waals surface area contributed by atoms with E-state index in [1.165, 1.54) is 6.07 Å². The summed E-state index contributed by atoms with van der Waals surface area (Å²) in [4.78, 5) is 32.6. The van der Waals surface area contributed by atoms with E-state index in [0.29, 0.717) is 11.3 Å². The molecule has 96 valence electrons. The predicted octanol–water partition coefficient (Wildman–Crippen LogP) is 0.300. The van der Waals surface area contributed by atoms with E-state index >= 15 is 0 Å². The van der Waals surface area contributed by atoms with Crippen LogP contribution in [0, 0.1) is 6.92 Å². The number of rotatable bonds is 4. The van der Waals surface area contributed by atoms with Gasteiger partial charge in [0.15, 0.2) is 0 Å². The van der Waals surface area contributed by atoms with Crippen LogP contribution in [0.3, 0.4) is 0 Å². The Balaban J connectivity index is 2.73. The zero-order chi connectivity index (χ0) is 13.7. The van der Waals surface area contributed by atoms with Gasteiger partial charge in [-0.25, -0.2) is 9.59 Å². The summed E-state index contributed by atoms with van der Waals surface area (Å²) in [5.74, 6) is -1.74. The third-order valence-electron chi connectivity index (χ3n) is 2.15. The SMILES string of the molecule is Cc1ccc(NC(=O)NCC(N)=O)cc1C(=O)O. The van der Waals surface area contributed by atoms with Crippen molar-refractivity contribution in [2.45, 2.75) is 6.92 Å². The maximum Gasteiger partial charge on any atom is 0.336 e. The summed E-state index contributed by atoms with van der Waals surface area (Å²) in [5.41, 5.74) is 5.87. The zero-order valence-corrected chi connectivity index (χ0v) is 9.69. The van der Waals surface area contributed by atoms with Gasteiger partial charge in [0.05, 0.1) is 12.1 Å². The van der Waals surface area contributed by atoms with E-state index in [-0.39, 0.29) is 12.1 Å². The summed E-state index contributed by atoms with van der Waals surface area (Å²) in [5, 5.41) is 13.5. The van der Waals surface area contributed by atoms with E-state index in [4.69, 9.17) is 10.8 Å². The molecular weight excluding hydrogens is 238 g/mol. The Morgan fingerprint density at radius 2 is 2.00 bits per heavy atom. The lowest BCUT2D eigenvalue weighted by atomic mass is 10.1. The molecule has 0 saturated heterocycles. The molecule has 0 bridgehead atoms. The number of amides is 3. The number of carbonyl (C=O) groups excluding carboxylic acids is 2. The summed E-state index contributed by atoms with van der Waals surface area (Å²) in [6, 6.07) is 3.84. The van der Waals surface area contributed by atoms with Gasteiger partial charge in [-0.15, -0.1) is 0 Å². The minimum atomic E-state index is -1.08. The molecule has 18 heavy (non-hydrogen) atoms. The lowest BCUT2D eigenvalue weighted by Gasteiger charge is -2.08. The second-order valence-corrected chi connectivity index (χ2v) is 3.61.